The highest BCUT2D eigenvalue weighted by atomic mass is 16.5. The Bertz CT molecular complexity index is 555. The van der Waals surface area contributed by atoms with Crippen LogP contribution in [0.5, 0.6) is 5.75 Å². The second kappa shape index (κ2) is 15.5. The molecule has 1 rings (SSSR count). The summed E-state index contributed by atoms with van der Waals surface area (Å²) >= 11 is 0. The first-order valence-corrected chi connectivity index (χ1v) is 10.2. The van der Waals surface area contributed by atoms with Crippen LogP contribution in [-0.4, -0.2) is 11.7 Å². The average Bonchev–Trinajstić information content (AvgIpc) is 2.66. The molecule has 0 unspecified atom stereocenters. The van der Waals surface area contributed by atoms with Gasteiger partial charge in [0, 0.05) is 5.56 Å². The van der Waals surface area contributed by atoms with Crippen molar-refractivity contribution >= 4 is 6.08 Å². The van der Waals surface area contributed by atoms with Gasteiger partial charge in [0.2, 0.25) is 0 Å². The minimum absolute atomic E-state index is 0.0160. The smallest absolute Gasteiger partial charge is 0.125 e. The van der Waals surface area contributed by atoms with Gasteiger partial charge < -0.3 is 9.84 Å². The quantitative estimate of drug-likeness (QED) is 0.292. The van der Waals surface area contributed by atoms with Gasteiger partial charge in [-0.2, -0.15) is 0 Å². The molecule has 0 saturated carbocycles. The number of benzene rings is 1. The molecule has 0 atom stereocenters. The molecule has 2 heteroatoms. The lowest BCUT2D eigenvalue weighted by molar-refractivity contribution is 0.267. The molecular weight excluding hydrogens is 320 g/mol. The van der Waals surface area contributed by atoms with Gasteiger partial charge in [0.05, 0.1) is 13.2 Å². The van der Waals surface area contributed by atoms with Crippen molar-refractivity contribution < 1.29 is 9.84 Å². The number of aliphatic hydroxyl groups is 1. The van der Waals surface area contributed by atoms with E-state index in [0.29, 0.717) is 6.61 Å². The summed E-state index contributed by atoms with van der Waals surface area (Å²) in [5, 5.41) is 9.59. The molecule has 0 aromatic heterocycles. The molecule has 144 valence electrons. The molecule has 0 amide bonds. The van der Waals surface area contributed by atoms with E-state index in [0.717, 1.165) is 23.3 Å². The van der Waals surface area contributed by atoms with Crippen molar-refractivity contribution in [3.8, 4) is 5.75 Å². The van der Waals surface area contributed by atoms with E-state index in [9.17, 15) is 5.11 Å². The van der Waals surface area contributed by atoms with E-state index >= 15 is 0 Å². The van der Waals surface area contributed by atoms with Crippen LogP contribution in [0.3, 0.4) is 0 Å². The van der Waals surface area contributed by atoms with E-state index in [1.807, 2.05) is 43.4 Å². The highest BCUT2D eigenvalue weighted by molar-refractivity contribution is 5.59. The minimum Gasteiger partial charge on any atom is -0.493 e. The third-order valence-electron chi connectivity index (χ3n) is 4.35. The molecule has 0 aliphatic rings. The highest BCUT2D eigenvalue weighted by Crippen LogP contribution is 2.23. The molecule has 0 aliphatic carbocycles. The number of unbranched alkanes of at least 4 members (excludes halogenated alkanes) is 7. The van der Waals surface area contributed by atoms with Gasteiger partial charge in [0.1, 0.15) is 5.75 Å². The van der Waals surface area contributed by atoms with Crippen LogP contribution >= 0.6 is 0 Å². The Morgan fingerprint density at radius 1 is 0.885 bits per heavy atom. The normalized spacial score (nSPS) is 12.0. The Morgan fingerprint density at radius 3 is 2.35 bits per heavy atom. The molecule has 1 aromatic rings. The zero-order chi connectivity index (χ0) is 18.9. The van der Waals surface area contributed by atoms with Crippen molar-refractivity contribution in [3.63, 3.8) is 0 Å². The van der Waals surface area contributed by atoms with Crippen LogP contribution in [0.25, 0.3) is 6.08 Å². The van der Waals surface area contributed by atoms with Crippen LogP contribution in [0.2, 0.25) is 0 Å². The third-order valence-corrected chi connectivity index (χ3v) is 4.35. The topological polar surface area (TPSA) is 29.5 Å². The number of rotatable bonds is 14. The van der Waals surface area contributed by atoms with Gasteiger partial charge in [-0.1, -0.05) is 94.0 Å². The van der Waals surface area contributed by atoms with E-state index < -0.39 is 0 Å². The van der Waals surface area contributed by atoms with E-state index in [4.69, 9.17) is 4.74 Å². The first-order chi connectivity index (χ1) is 12.8. The monoisotopic (exact) mass is 356 g/mol. The van der Waals surface area contributed by atoms with Crippen molar-refractivity contribution in [1.82, 2.24) is 0 Å². The van der Waals surface area contributed by atoms with Crippen LogP contribution in [-0.2, 0) is 6.61 Å². The first kappa shape index (κ1) is 22.2. The lowest BCUT2D eigenvalue weighted by Gasteiger charge is -2.10. The van der Waals surface area contributed by atoms with E-state index in [1.54, 1.807) is 0 Å². The van der Waals surface area contributed by atoms with Crippen molar-refractivity contribution in [2.24, 2.45) is 0 Å². The maximum atomic E-state index is 9.59. The average molecular weight is 357 g/mol. The van der Waals surface area contributed by atoms with Gasteiger partial charge in [-0.25, -0.2) is 0 Å². The Balaban J connectivity index is 2.30. The summed E-state index contributed by atoms with van der Waals surface area (Å²) in [5.41, 5.74) is 1.84. The molecular formula is C24H36O2. The SMILES string of the molecule is CCCCCCCCCC=CC=CC=Cc1cccc(OCC)c1CO. The van der Waals surface area contributed by atoms with Crippen LogP contribution in [0.1, 0.15) is 76.3 Å². The molecule has 26 heavy (non-hydrogen) atoms. The number of hydrogen-bond acceptors (Lipinski definition) is 2. The van der Waals surface area contributed by atoms with Gasteiger partial charge in [0.25, 0.3) is 0 Å². The summed E-state index contributed by atoms with van der Waals surface area (Å²) in [7, 11) is 0. The molecule has 0 heterocycles. The molecule has 0 saturated heterocycles. The fraction of sp³-hybridized carbons (Fsp3) is 0.500. The van der Waals surface area contributed by atoms with Gasteiger partial charge in [0.15, 0.2) is 0 Å². The summed E-state index contributed by atoms with van der Waals surface area (Å²) in [6.45, 7) is 4.80. The zero-order valence-electron chi connectivity index (χ0n) is 16.6. The van der Waals surface area contributed by atoms with Gasteiger partial charge in [-0.15, -0.1) is 0 Å². The van der Waals surface area contributed by atoms with Crippen LogP contribution in [0, 0.1) is 0 Å². The number of hydrogen-bond donors (Lipinski definition) is 1. The first-order valence-electron chi connectivity index (χ1n) is 10.2. The third kappa shape index (κ3) is 9.62. The van der Waals surface area contributed by atoms with Gasteiger partial charge in [-0.05, 0) is 31.4 Å². The summed E-state index contributed by atoms with van der Waals surface area (Å²) < 4.78 is 5.56. The van der Waals surface area contributed by atoms with Crippen molar-refractivity contribution in [1.29, 1.82) is 0 Å². The number of aliphatic hydroxyl groups excluding tert-OH is 1. The van der Waals surface area contributed by atoms with Crippen molar-refractivity contribution in [2.45, 2.75) is 71.8 Å². The number of allylic oxidation sites excluding steroid dienone is 5. The Kier molecular flexibility index (Phi) is 13.2. The summed E-state index contributed by atoms with van der Waals surface area (Å²) in [4.78, 5) is 0. The Labute approximate surface area is 160 Å². The minimum atomic E-state index is -0.0160. The number of ether oxygens (including phenoxy) is 1. The summed E-state index contributed by atoms with van der Waals surface area (Å²) in [5.74, 6) is 0.760. The molecule has 2 nitrogen and oxygen atoms in total. The largest absolute Gasteiger partial charge is 0.493 e. The van der Waals surface area contributed by atoms with Gasteiger partial charge in [-0.3, -0.25) is 0 Å². The van der Waals surface area contributed by atoms with Crippen molar-refractivity contribution in [3.05, 3.63) is 59.7 Å². The summed E-state index contributed by atoms with van der Waals surface area (Å²) in [6.07, 6.45) is 23.1. The molecule has 0 aliphatic heterocycles. The van der Waals surface area contributed by atoms with E-state index in [1.165, 1.54) is 44.9 Å². The fourth-order valence-electron chi connectivity index (χ4n) is 2.88. The van der Waals surface area contributed by atoms with E-state index in [2.05, 4.69) is 25.2 Å². The fourth-order valence-corrected chi connectivity index (χ4v) is 2.88. The molecule has 0 fully saturated rings. The van der Waals surface area contributed by atoms with Crippen molar-refractivity contribution in [2.75, 3.05) is 6.61 Å². The predicted molar refractivity (Wildman–Crippen MR) is 113 cm³/mol. The molecule has 1 aromatic carbocycles. The standard InChI is InChI=1S/C24H36O2/c1-3-5-6-7-8-9-10-11-12-13-14-15-16-18-22-19-17-20-24(26-4-2)23(22)21-25/h12-20,25H,3-11,21H2,1-2H3. The maximum absolute atomic E-state index is 9.59. The second-order valence-corrected chi connectivity index (χ2v) is 6.50. The van der Waals surface area contributed by atoms with Crippen LogP contribution < -0.4 is 4.74 Å². The lowest BCUT2D eigenvalue weighted by Crippen LogP contribution is -1.98. The molecule has 1 N–H and O–H groups in total. The van der Waals surface area contributed by atoms with Crippen LogP contribution in [0.15, 0.2) is 48.6 Å². The molecule has 0 bridgehead atoms. The molecule has 0 spiro atoms. The highest BCUT2D eigenvalue weighted by Gasteiger charge is 2.05. The Morgan fingerprint density at radius 2 is 1.62 bits per heavy atom. The summed E-state index contributed by atoms with van der Waals surface area (Å²) in [6, 6.07) is 5.85. The predicted octanol–water partition coefficient (Wildman–Crippen LogP) is 6.84. The molecule has 0 radical (unpaired) electrons. The van der Waals surface area contributed by atoms with E-state index in [-0.39, 0.29) is 6.61 Å². The zero-order valence-corrected chi connectivity index (χ0v) is 16.6. The maximum Gasteiger partial charge on any atom is 0.125 e. The second-order valence-electron chi connectivity index (χ2n) is 6.50. The van der Waals surface area contributed by atoms with Crippen LogP contribution in [0.4, 0.5) is 0 Å². The lowest BCUT2D eigenvalue weighted by atomic mass is 10.1. The van der Waals surface area contributed by atoms with Gasteiger partial charge >= 0.3 is 0 Å². The Hall–Kier alpha value is -1.80.